The zero-order valence-electron chi connectivity index (χ0n) is 10.3. The Morgan fingerprint density at radius 1 is 1.28 bits per heavy atom. The summed E-state index contributed by atoms with van der Waals surface area (Å²) in [6.07, 6.45) is 2.71. The molecule has 2 rings (SSSR count). The molecule has 0 aliphatic carbocycles. The number of carboxylic acid groups (broad SMARTS) is 1. The fourth-order valence-electron chi connectivity index (χ4n) is 1.87. The molecule has 1 N–H and O–H groups in total. The normalized spacial score (nSPS) is 11.0. The quantitative estimate of drug-likeness (QED) is 0.842. The van der Waals surface area contributed by atoms with Gasteiger partial charge in [0, 0.05) is 17.3 Å². The number of aliphatic carboxylic acids is 1. The van der Waals surface area contributed by atoms with Crippen molar-refractivity contribution < 1.29 is 9.90 Å². The molecule has 0 unspecified atom stereocenters. The van der Waals surface area contributed by atoms with Gasteiger partial charge in [0.2, 0.25) is 0 Å². The molecular formula is C14H14N2O2. The molecule has 0 radical (unpaired) electrons. The third-order valence-electron chi connectivity index (χ3n) is 2.74. The van der Waals surface area contributed by atoms with E-state index in [1.807, 2.05) is 48.9 Å². The number of carboxylic acids is 1. The molecule has 4 nitrogen and oxygen atoms in total. The first-order valence-electron chi connectivity index (χ1n) is 5.62. The molecule has 4 heteroatoms. The lowest BCUT2D eigenvalue weighted by molar-refractivity contribution is -0.131. The molecule has 1 aromatic heterocycles. The van der Waals surface area contributed by atoms with Crippen LogP contribution in [0.5, 0.6) is 0 Å². The van der Waals surface area contributed by atoms with Gasteiger partial charge < -0.3 is 5.11 Å². The molecule has 0 amide bonds. The number of para-hydroxylation sites is 1. The highest BCUT2D eigenvalue weighted by Crippen LogP contribution is 2.18. The van der Waals surface area contributed by atoms with Crippen molar-refractivity contribution in [3.05, 3.63) is 53.4 Å². The smallest absolute Gasteiger partial charge is 0.328 e. The van der Waals surface area contributed by atoms with E-state index in [-0.39, 0.29) is 0 Å². The minimum atomic E-state index is -0.957. The van der Waals surface area contributed by atoms with Gasteiger partial charge in [-0.25, -0.2) is 9.48 Å². The van der Waals surface area contributed by atoms with Crippen molar-refractivity contribution >= 4 is 12.0 Å². The maximum atomic E-state index is 10.6. The van der Waals surface area contributed by atoms with E-state index in [9.17, 15) is 4.79 Å². The molecule has 0 bridgehead atoms. The molecule has 0 saturated heterocycles. The minimum absolute atomic E-state index is 0.814. The van der Waals surface area contributed by atoms with Gasteiger partial charge in [-0.2, -0.15) is 5.10 Å². The van der Waals surface area contributed by atoms with Gasteiger partial charge in [0.25, 0.3) is 0 Å². The van der Waals surface area contributed by atoms with Gasteiger partial charge in [-0.05, 0) is 32.1 Å². The Balaban J connectivity index is 2.47. The molecule has 0 aliphatic rings. The number of aromatic nitrogens is 2. The van der Waals surface area contributed by atoms with Crippen LogP contribution in [-0.2, 0) is 4.79 Å². The van der Waals surface area contributed by atoms with Crippen LogP contribution < -0.4 is 0 Å². The van der Waals surface area contributed by atoms with E-state index in [1.54, 1.807) is 6.08 Å². The monoisotopic (exact) mass is 242 g/mol. The highest BCUT2D eigenvalue weighted by Gasteiger charge is 2.10. The molecule has 18 heavy (non-hydrogen) atoms. The first-order valence-corrected chi connectivity index (χ1v) is 5.62. The van der Waals surface area contributed by atoms with Gasteiger partial charge in [-0.3, -0.25) is 0 Å². The lowest BCUT2D eigenvalue weighted by Gasteiger charge is -2.03. The first-order chi connectivity index (χ1) is 8.59. The van der Waals surface area contributed by atoms with Crippen LogP contribution >= 0.6 is 0 Å². The van der Waals surface area contributed by atoms with Gasteiger partial charge in [0.05, 0.1) is 11.4 Å². The van der Waals surface area contributed by atoms with Gasteiger partial charge in [-0.1, -0.05) is 18.2 Å². The van der Waals surface area contributed by atoms with Gasteiger partial charge in [0.1, 0.15) is 0 Å². The van der Waals surface area contributed by atoms with Crippen molar-refractivity contribution in [2.75, 3.05) is 0 Å². The van der Waals surface area contributed by atoms with Crippen LogP contribution in [0.3, 0.4) is 0 Å². The summed E-state index contributed by atoms with van der Waals surface area (Å²) in [7, 11) is 0. The molecule has 0 atom stereocenters. The average Bonchev–Trinajstić information content (AvgIpc) is 2.63. The van der Waals surface area contributed by atoms with Crippen molar-refractivity contribution in [3.8, 4) is 5.69 Å². The molecule has 0 aliphatic heterocycles. The van der Waals surface area contributed by atoms with Gasteiger partial charge in [0.15, 0.2) is 0 Å². The predicted molar refractivity (Wildman–Crippen MR) is 69.7 cm³/mol. The van der Waals surface area contributed by atoms with E-state index in [4.69, 9.17) is 5.11 Å². The second kappa shape index (κ2) is 4.87. The Morgan fingerprint density at radius 3 is 2.56 bits per heavy atom. The highest BCUT2D eigenvalue weighted by atomic mass is 16.4. The molecule has 0 fully saturated rings. The Morgan fingerprint density at radius 2 is 1.94 bits per heavy atom. The lowest BCUT2D eigenvalue weighted by atomic mass is 10.2. The zero-order chi connectivity index (χ0) is 13.1. The topological polar surface area (TPSA) is 55.1 Å². The second-order valence-corrected chi connectivity index (χ2v) is 4.00. The van der Waals surface area contributed by atoms with Crippen LogP contribution in [0.4, 0.5) is 0 Å². The van der Waals surface area contributed by atoms with Crippen molar-refractivity contribution in [1.82, 2.24) is 9.78 Å². The molecule has 2 aromatic rings. The average molecular weight is 242 g/mol. The fourth-order valence-corrected chi connectivity index (χ4v) is 1.87. The van der Waals surface area contributed by atoms with Crippen LogP contribution in [0, 0.1) is 13.8 Å². The van der Waals surface area contributed by atoms with Crippen LogP contribution in [-0.4, -0.2) is 20.9 Å². The molecule has 92 valence electrons. The van der Waals surface area contributed by atoms with Gasteiger partial charge in [-0.15, -0.1) is 0 Å². The molecule has 0 spiro atoms. The molecular weight excluding hydrogens is 228 g/mol. The number of hydrogen-bond acceptors (Lipinski definition) is 2. The van der Waals surface area contributed by atoms with Crippen molar-refractivity contribution in [2.45, 2.75) is 13.8 Å². The Labute approximate surface area is 105 Å². The lowest BCUT2D eigenvalue weighted by Crippen LogP contribution is -1.98. The summed E-state index contributed by atoms with van der Waals surface area (Å²) in [6, 6.07) is 9.76. The molecule has 1 heterocycles. The van der Waals surface area contributed by atoms with Crippen LogP contribution in [0.15, 0.2) is 36.4 Å². The zero-order valence-corrected chi connectivity index (χ0v) is 10.3. The highest BCUT2D eigenvalue weighted by molar-refractivity contribution is 5.85. The number of rotatable bonds is 3. The Hall–Kier alpha value is -2.36. The van der Waals surface area contributed by atoms with Crippen LogP contribution in [0.2, 0.25) is 0 Å². The summed E-state index contributed by atoms with van der Waals surface area (Å²) >= 11 is 0. The van der Waals surface area contributed by atoms with Crippen molar-refractivity contribution in [2.24, 2.45) is 0 Å². The summed E-state index contributed by atoms with van der Waals surface area (Å²) in [5.74, 6) is -0.957. The summed E-state index contributed by atoms with van der Waals surface area (Å²) in [6.45, 7) is 3.79. The van der Waals surface area contributed by atoms with Crippen molar-refractivity contribution in [1.29, 1.82) is 0 Å². The summed E-state index contributed by atoms with van der Waals surface area (Å²) in [5.41, 5.74) is 3.55. The first kappa shape index (κ1) is 12.1. The summed E-state index contributed by atoms with van der Waals surface area (Å²) in [5, 5.41) is 13.1. The maximum absolute atomic E-state index is 10.6. The van der Waals surface area contributed by atoms with E-state index < -0.39 is 5.97 Å². The van der Waals surface area contributed by atoms with E-state index >= 15 is 0 Å². The van der Waals surface area contributed by atoms with E-state index in [2.05, 4.69) is 5.10 Å². The number of carbonyl (C=O) groups is 1. The van der Waals surface area contributed by atoms with Crippen molar-refractivity contribution in [3.63, 3.8) is 0 Å². The van der Waals surface area contributed by atoms with Gasteiger partial charge >= 0.3 is 5.97 Å². The maximum Gasteiger partial charge on any atom is 0.328 e. The second-order valence-electron chi connectivity index (χ2n) is 4.00. The Kier molecular flexibility index (Phi) is 3.28. The van der Waals surface area contributed by atoms with Crippen LogP contribution in [0.25, 0.3) is 11.8 Å². The van der Waals surface area contributed by atoms with E-state index in [1.165, 1.54) is 0 Å². The Bertz CT molecular complexity index is 598. The van der Waals surface area contributed by atoms with E-state index in [0.29, 0.717) is 0 Å². The summed E-state index contributed by atoms with van der Waals surface area (Å²) in [4.78, 5) is 10.6. The SMILES string of the molecule is Cc1nn(-c2ccccc2)c(C)c1C=CC(=O)O. The summed E-state index contributed by atoms with van der Waals surface area (Å²) < 4.78 is 1.82. The number of hydrogen-bond donors (Lipinski definition) is 1. The van der Waals surface area contributed by atoms with E-state index in [0.717, 1.165) is 28.7 Å². The largest absolute Gasteiger partial charge is 0.478 e. The number of aryl methyl sites for hydroxylation is 1. The standard InChI is InChI=1S/C14H14N2O2/c1-10-13(8-9-14(17)18)11(2)16(15-10)12-6-4-3-5-7-12/h3-9H,1-2H3,(H,17,18). The predicted octanol–water partition coefficient (Wildman–Crippen LogP) is 2.59. The number of nitrogens with zero attached hydrogens (tertiary/aromatic N) is 2. The molecule has 0 saturated carbocycles. The minimum Gasteiger partial charge on any atom is -0.478 e. The third-order valence-corrected chi connectivity index (χ3v) is 2.74. The van der Waals surface area contributed by atoms with Crippen LogP contribution in [0.1, 0.15) is 17.0 Å². The molecule has 1 aromatic carbocycles. The number of benzene rings is 1. The fraction of sp³-hybridized carbons (Fsp3) is 0.143. The third kappa shape index (κ3) is 2.32.